The van der Waals surface area contributed by atoms with E-state index in [4.69, 9.17) is 21.1 Å². The Labute approximate surface area is 210 Å². The van der Waals surface area contributed by atoms with Crippen molar-refractivity contribution in [3.05, 3.63) is 62.7 Å². The average molecular weight is 502 g/mol. The Kier molecular flexibility index (Phi) is 8.13. The number of nitro benzene ring substituents is 1. The summed E-state index contributed by atoms with van der Waals surface area (Å²) in [5, 5.41) is 11.4. The fourth-order valence-corrected chi connectivity index (χ4v) is 4.97. The molecule has 9 heteroatoms. The van der Waals surface area contributed by atoms with Gasteiger partial charge >= 0.3 is 0 Å². The number of nitro groups is 1. The van der Waals surface area contributed by atoms with Gasteiger partial charge in [0.2, 0.25) is 5.91 Å². The molecule has 2 aliphatic heterocycles. The summed E-state index contributed by atoms with van der Waals surface area (Å²) in [6.07, 6.45) is 1.60. The lowest BCUT2D eigenvalue weighted by Gasteiger charge is -2.28. The zero-order valence-corrected chi connectivity index (χ0v) is 21.0. The van der Waals surface area contributed by atoms with Gasteiger partial charge in [-0.15, -0.1) is 0 Å². The molecule has 1 saturated heterocycles. The van der Waals surface area contributed by atoms with Crippen LogP contribution in [0.3, 0.4) is 0 Å². The van der Waals surface area contributed by atoms with Crippen LogP contribution < -0.4 is 9.47 Å². The fourth-order valence-electron chi connectivity index (χ4n) is 4.69. The van der Waals surface area contributed by atoms with Gasteiger partial charge in [0.05, 0.1) is 29.1 Å². The van der Waals surface area contributed by atoms with Gasteiger partial charge in [-0.25, -0.2) is 0 Å². The third-order valence-electron chi connectivity index (χ3n) is 6.31. The third-order valence-corrected chi connectivity index (χ3v) is 6.59. The number of nitrogens with zero attached hydrogens (tertiary/aromatic N) is 3. The molecule has 0 bridgehead atoms. The molecule has 2 aliphatic rings. The highest BCUT2D eigenvalue weighted by atomic mass is 35.5. The van der Waals surface area contributed by atoms with Crippen molar-refractivity contribution in [2.75, 3.05) is 32.8 Å². The number of amides is 1. The predicted molar refractivity (Wildman–Crippen MR) is 134 cm³/mol. The van der Waals surface area contributed by atoms with Crippen LogP contribution in [0.5, 0.6) is 11.5 Å². The lowest BCUT2D eigenvalue weighted by molar-refractivity contribution is -0.384. The number of likely N-dealkylation sites (tertiary alicyclic amines) is 1. The Morgan fingerprint density at radius 2 is 1.94 bits per heavy atom. The number of hydrogen-bond acceptors (Lipinski definition) is 6. The van der Waals surface area contributed by atoms with Crippen molar-refractivity contribution in [3.63, 3.8) is 0 Å². The molecule has 0 saturated carbocycles. The highest BCUT2D eigenvalue weighted by Gasteiger charge is 2.32. The van der Waals surface area contributed by atoms with Crippen molar-refractivity contribution in [2.45, 2.75) is 39.8 Å². The second kappa shape index (κ2) is 11.3. The van der Waals surface area contributed by atoms with Crippen LogP contribution in [0.2, 0.25) is 5.02 Å². The summed E-state index contributed by atoms with van der Waals surface area (Å²) in [7, 11) is 0. The zero-order valence-electron chi connectivity index (χ0n) is 20.2. The Morgan fingerprint density at radius 3 is 2.66 bits per heavy atom. The number of benzene rings is 2. The van der Waals surface area contributed by atoms with Crippen molar-refractivity contribution in [1.82, 2.24) is 9.80 Å². The first-order chi connectivity index (χ1) is 16.8. The highest BCUT2D eigenvalue weighted by Crippen LogP contribution is 2.38. The Morgan fingerprint density at radius 1 is 1.20 bits per heavy atom. The molecule has 0 radical (unpaired) electrons. The van der Waals surface area contributed by atoms with Crippen molar-refractivity contribution in [3.8, 4) is 11.5 Å². The van der Waals surface area contributed by atoms with E-state index in [1.807, 2.05) is 17.0 Å². The van der Waals surface area contributed by atoms with Crippen LogP contribution >= 0.6 is 11.6 Å². The number of halogens is 1. The van der Waals surface area contributed by atoms with Crippen LogP contribution in [0.4, 0.5) is 5.69 Å². The highest BCUT2D eigenvalue weighted by molar-refractivity contribution is 6.32. The summed E-state index contributed by atoms with van der Waals surface area (Å²) in [6.45, 7) is 8.65. The molecule has 0 unspecified atom stereocenters. The van der Waals surface area contributed by atoms with E-state index in [-0.39, 0.29) is 17.5 Å². The number of fused-ring (bicyclic) bond motifs is 1. The maximum absolute atomic E-state index is 13.6. The smallest absolute Gasteiger partial charge is 0.269 e. The van der Waals surface area contributed by atoms with Crippen LogP contribution in [-0.2, 0) is 17.9 Å². The average Bonchev–Trinajstić information content (AvgIpc) is 3.14. The van der Waals surface area contributed by atoms with Gasteiger partial charge in [0.15, 0.2) is 11.5 Å². The van der Waals surface area contributed by atoms with Crippen molar-refractivity contribution < 1.29 is 19.2 Å². The molecule has 1 fully saturated rings. The molecular formula is C26H32ClN3O5. The van der Waals surface area contributed by atoms with Crippen molar-refractivity contribution >= 4 is 23.2 Å². The number of rotatable bonds is 8. The van der Waals surface area contributed by atoms with Gasteiger partial charge in [-0.1, -0.05) is 37.6 Å². The van der Waals surface area contributed by atoms with E-state index in [0.717, 1.165) is 30.5 Å². The number of non-ortho nitro benzene ring substituents is 1. The van der Waals surface area contributed by atoms with Gasteiger partial charge < -0.3 is 14.4 Å². The van der Waals surface area contributed by atoms with Crippen LogP contribution in [0.25, 0.3) is 0 Å². The number of carbonyl (C=O) groups excluding carboxylic acids is 1. The van der Waals surface area contributed by atoms with Gasteiger partial charge in [-0.3, -0.25) is 19.8 Å². The number of hydrogen-bond donors (Lipinski definition) is 0. The molecule has 0 spiro atoms. The molecule has 0 aromatic heterocycles. The summed E-state index contributed by atoms with van der Waals surface area (Å²) in [5.41, 5.74) is 2.01. The van der Waals surface area contributed by atoms with E-state index >= 15 is 0 Å². The van der Waals surface area contributed by atoms with Gasteiger partial charge in [0.25, 0.3) is 5.69 Å². The molecule has 188 valence electrons. The third kappa shape index (κ3) is 6.44. The maximum atomic E-state index is 13.6. The Bertz CT molecular complexity index is 1060. The number of carbonyl (C=O) groups is 1. The first kappa shape index (κ1) is 25.3. The molecule has 0 N–H and O–H groups in total. The van der Waals surface area contributed by atoms with E-state index < -0.39 is 4.92 Å². The molecule has 0 aliphatic carbocycles. The van der Waals surface area contributed by atoms with Crippen LogP contribution in [0.15, 0.2) is 36.4 Å². The van der Waals surface area contributed by atoms with Gasteiger partial charge in [0, 0.05) is 44.7 Å². The van der Waals surface area contributed by atoms with Crippen molar-refractivity contribution in [2.24, 2.45) is 11.8 Å². The van der Waals surface area contributed by atoms with E-state index in [1.165, 1.54) is 12.1 Å². The van der Waals surface area contributed by atoms with Crippen LogP contribution in [0, 0.1) is 22.0 Å². The molecule has 4 rings (SSSR count). The molecule has 35 heavy (non-hydrogen) atoms. The molecule has 2 aromatic rings. The Balaban J connectivity index is 1.42. The topological polar surface area (TPSA) is 85.2 Å². The second-order valence-electron chi connectivity index (χ2n) is 9.71. The maximum Gasteiger partial charge on any atom is 0.269 e. The fraction of sp³-hybridized carbons (Fsp3) is 0.500. The lowest BCUT2D eigenvalue weighted by atomic mass is 10.0. The van der Waals surface area contributed by atoms with Gasteiger partial charge in [0.1, 0.15) is 0 Å². The monoisotopic (exact) mass is 501 g/mol. The predicted octanol–water partition coefficient (Wildman–Crippen LogP) is 4.92. The quantitative estimate of drug-likeness (QED) is 0.377. The molecule has 2 aromatic carbocycles. The Hall–Kier alpha value is -2.84. The minimum absolute atomic E-state index is 0.0809. The molecular weight excluding hydrogens is 470 g/mol. The summed E-state index contributed by atoms with van der Waals surface area (Å²) in [6, 6.07) is 10.4. The molecule has 8 nitrogen and oxygen atoms in total. The van der Waals surface area contributed by atoms with E-state index in [0.29, 0.717) is 61.8 Å². The van der Waals surface area contributed by atoms with Crippen molar-refractivity contribution in [1.29, 1.82) is 0 Å². The lowest BCUT2D eigenvalue weighted by Crippen LogP contribution is -2.39. The second-order valence-corrected chi connectivity index (χ2v) is 10.1. The van der Waals surface area contributed by atoms with Gasteiger partial charge in [-0.05, 0) is 42.1 Å². The largest absolute Gasteiger partial charge is 0.489 e. The van der Waals surface area contributed by atoms with E-state index in [1.54, 1.807) is 12.1 Å². The SMILES string of the molecule is CC(C)CN(Cc1cc(Cl)c2c(c1)OCCCO2)C(=O)[C@@H]1CCN(Cc2ccc([N+](=O)[O-])cc2)C1. The first-order valence-electron chi connectivity index (χ1n) is 12.1. The standard InChI is InChI=1S/C26H32ClN3O5/c1-18(2)14-29(16-20-12-23(27)25-24(13-20)34-10-3-11-35-25)26(31)21-8-9-28(17-21)15-19-4-6-22(7-5-19)30(32)33/h4-7,12-13,18,21H,3,8-11,14-17H2,1-2H3/t21-/m1/s1. The van der Waals surface area contributed by atoms with Gasteiger partial charge in [-0.2, -0.15) is 0 Å². The zero-order chi connectivity index (χ0) is 24.9. The first-order valence-corrected chi connectivity index (χ1v) is 12.5. The van der Waals surface area contributed by atoms with Crippen LogP contribution in [0.1, 0.15) is 37.8 Å². The summed E-state index contributed by atoms with van der Waals surface area (Å²) >= 11 is 6.49. The minimum Gasteiger partial charge on any atom is -0.489 e. The summed E-state index contributed by atoms with van der Waals surface area (Å²) in [5.74, 6) is 1.60. The van der Waals surface area contributed by atoms with Crippen LogP contribution in [-0.4, -0.2) is 53.5 Å². The molecule has 2 heterocycles. The summed E-state index contributed by atoms with van der Waals surface area (Å²) in [4.78, 5) is 28.2. The van der Waals surface area contributed by atoms with E-state index in [9.17, 15) is 14.9 Å². The number of ether oxygens (including phenoxy) is 2. The normalized spacial score (nSPS) is 17.9. The molecule has 1 amide bonds. The summed E-state index contributed by atoms with van der Waals surface area (Å²) < 4.78 is 11.6. The minimum atomic E-state index is -0.395. The van der Waals surface area contributed by atoms with E-state index in [2.05, 4.69) is 18.7 Å². The molecule has 1 atom stereocenters.